The maximum absolute atomic E-state index is 4.71. The Morgan fingerprint density at radius 2 is 2.33 bits per heavy atom. The highest BCUT2D eigenvalue weighted by atomic mass is 32.1. The van der Waals surface area contributed by atoms with Gasteiger partial charge < -0.3 is 5.32 Å². The van der Waals surface area contributed by atoms with Gasteiger partial charge in [0.1, 0.15) is 0 Å². The summed E-state index contributed by atoms with van der Waals surface area (Å²) in [6, 6.07) is 1.12. The second kappa shape index (κ2) is 4.62. The van der Waals surface area contributed by atoms with Gasteiger partial charge in [-0.1, -0.05) is 20.8 Å². The van der Waals surface area contributed by atoms with Gasteiger partial charge in [0.2, 0.25) is 0 Å². The standard InChI is InChI=1S/C12H20N2S/c1-4-11-14-10-7-5-6-9(12(10)15-11)13-8(2)3/h8-9,13H,4-7H2,1-3H3. The van der Waals surface area contributed by atoms with Gasteiger partial charge in [0.05, 0.1) is 10.7 Å². The van der Waals surface area contributed by atoms with E-state index < -0.39 is 0 Å². The number of thiazole rings is 1. The summed E-state index contributed by atoms with van der Waals surface area (Å²) in [6.07, 6.45) is 4.81. The summed E-state index contributed by atoms with van der Waals surface area (Å²) in [4.78, 5) is 6.21. The number of nitrogens with one attached hydrogen (secondary N) is 1. The molecule has 84 valence electrons. The van der Waals surface area contributed by atoms with Crippen molar-refractivity contribution in [3.05, 3.63) is 15.6 Å². The Balaban J connectivity index is 2.21. The van der Waals surface area contributed by atoms with E-state index in [1.54, 1.807) is 0 Å². The van der Waals surface area contributed by atoms with Gasteiger partial charge in [-0.2, -0.15) is 0 Å². The zero-order chi connectivity index (χ0) is 10.8. The second-order valence-electron chi connectivity index (χ2n) is 4.54. The predicted octanol–water partition coefficient (Wildman–Crippen LogP) is 3.08. The molecule has 15 heavy (non-hydrogen) atoms. The second-order valence-corrected chi connectivity index (χ2v) is 5.65. The van der Waals surface area contributed by atoms with Crippen LogP contribution in [0.3, 0.4) is 0 Å². The molecule has 3 heteroatoms. The fourth-order valence-electron chi connectivity index (χ4n) is 2.18. The SMILES string of the molecule is CCc1nc2c(s1)C(NC(C)C)CCC2. The lowest BCUT2D eigenvalue weighted by molar-refractivity contribution is 0.427. The molecule has 0 aromatic carbocycles. The molecular weight excluding hydrogens is 204 g/mol. The van der Waals surface area contributed by atoms with Crippen LogP contribution < -0.4 is 5.32 Å². The van der Waals surface area contributed by atoms with Crippen LogP contribution in [0.2, 0.25) is 0 Å². The summed E-state index contributed by atoms with van der Waals surface area (Å²) in [5.41, 5.74) is 1.36. The lowest BCUT2D eigenvalue weighted by Crippen LogP contribution is -2.29. The Morgan fingerprint density at radius 3 is 3.00 bits per heavy atom. The number of nitrogens with zero attached hydrogens (tertiary/aromatic N) is 1. The van der Waals surface area contributed by atoms with Crippen LogP contribution in [0.4, 0.5) is 0 Å². The van der Waals surface area contributed by atoms with Crippen molar-refractivity contribution < 1.29 is 0 Å². The van der Waals surface area contributed by atoms with Crippen LogP contribution in [0.25, 0.3) is 0 Å². The minimum Gasteiger partial charge on any atom is -0.307 e. The fraction of sp³-hybridized carbons (Fsp3) is 0.750. The number of fused-ring (bicyclic) bond motifs is 1. The van der Waals surface area contributed by atoms with Gasteiger partial charge >= 0.3 is 0 Å². The van der Waals surface area contributed by atoms with Crippen LogP contribution in [-0.2, 0) is 12.8 Å². The zero-order valence-electron chi connectivity index (χ0n) is 9.84. The smallest absolute Gasteiger partial charge is 0.0928 e. The number of aromatic nitrogens is 1. The Bertz CT molecular complexity index is 330. The Labute approximate surface area is 96.1 Å². The third kappa shape index (κ3) is 2.40. The van der Waals surface area contributed by atoms with Crippen LogP contribution in [0.1, 0.15) is 55.2 Å². The summed E-state index contributed by atoms with van der Waals surface area (Å²) in [5.74, 6) is 0. The molecule has 0 aliphatic heterocycles. The van der Waals surface area contributed by atoms with Gasteiger partial charge in [-0.05, 0) is 25.7 Å². The van der Waals surface area contributed by atoms with Crippen LogP contribution in [0.5, 0.6) is 0 Å². The number of hydrogen-bond acceptors (Lipinski definition) is 3. The predicted molar refractivity (Wildman–Crippen MR) is 65.4 cm³/mol. The quantitative estimate of drug-likeness (QED) is 0.853. The third-order valence-electron chi connectivity index (χ3n) is 2.83. The van der Waals surface area contributed by atoms with Crippen molar-refractivity contribution in [3.8, 4) is 0 Å². The average molecular weight is 224 g/mol. The first kappa shape index (κ1) is 11.1. The molecule has 1 unspecified atom stereocenters. The Morgan fingerprint density at radius 1 is 1.53 bits per heavy atom. The first-order valence-electron chi connectivity index (χ1n) is 5.95. The molecule has 1 aliphatic carbocycles. The molecule has 0 amide bonds. The van der Waals surface area contributed by atoms with Gasteiger partial charge in [-0.15, -0.1) is 11.3 Å². The minimum atomic E-state index is 0.562. The molecule has 1 aromatic heterocycles. The van der Waals surface area contributed by atoms with Crippen molar-refractivity contribution in [2.45, 2.75) is 58.5 Å². The van der Waals surface area contributed by atoms with Gasteiger partial charge in [-0.25, -0.2) is 4.98 Å². The van der Waals surface area contributed by atoms with Crippen LogP contribution >= 0.6 is 11.3 Å². The third-order valence-corrected chi connectivity index (χ3v) is 4.19. The molecule has 0 bridgehead atoms. The summed E-state index contributed by atoms with van der Waals surface area (Å²) in [6.45, 7) is 6.63. The molecule has 1 N–H and O–H groups in total. The van der Waals surface area contributed by atoms with E-state index in [-0.39, 0.29) is 0 Å². The molecule has 2 nitrogen and oxygen atoms in total. The van der Waals surface area contributed by atoms with E-state index in [4.69, 9.17) is 4.98 Å². The topological polar surface area (TPSA) is 24.9 Å². The molecule has 0 fully saturated rings. The summed E-state index contributed by atoms with van der Waals surface area (Å²) in [7, 11) is 0. The molecule has 1 heterocycles. The first-order chi connectivity index (χ1) is 7.20. The van der Waals surface area contributed by atoms with E-state index in [2.05, 4.69) is 26.1 Å². The molecular formula is C12H20N2S. The van der Waals surface area contributed by atoms with Crippen LogP contribution in [0, 0.1) is 0 Å². The molecule has 0 spiro atoms. The van der Waals surface area contributed by atoms with E-state index in [0.717, 1.165) is 6.42 Å². The van der Waals surface area contributed by atoms with Gasteiger partial charge in [0, 0.05) is 17.0 Å². The molecule has 1 atom stereocenters. The number of rotatable bonds is 3. The Hall–Kier alpha value is -0.410. The van der Waals surface area contributed by atoms with Crippen molar-refractivity contribution in [2.24, 2.45) is 0 Å². The van der Waals surface area contributed by atoms with Crippen molar-refractivity contribution in [2.75, 3.05) is 0 Å². The highest BCUT2D eigenvalue weighted by Crippen LogP contribution is 2.34. The number of hydrogen-bond donors (Lipinski definition) is 1. The molecule has 0 saturated heterocycles. The largest absolute Gasteiger partial charge is 0.307 e. The molecule has 2 rings (SSSR count). The van der Waals surface area contributed by atoms with E-state index in [0.29, 0.717) is 12.1 Å². The molecule has 0 radical (unpaired) electrons. The fourth-order valence-corrected chi connectivity index (χ4v) is 3.33. The van der Waals surface area contributed by atoms with Crippen molar-refractivity contribution >= 4 is 11.3 Å². The summed E-state index contributed by atoms with van der Waals surface area (Å²) >= 11 is 1.91. The molecule has 1 aliphatic rings. The Kier molecular flexibility index (Phi) is 3.42. The lowest BCUT2D eigenvalue weighted by atomic mass is 9.97. The highest BCUT2D eigenvalue weighted by molar-refractivity contribution is 7.11. The van der Waals surface area contributed by atoms with Crippen molar-refractivity contribution in [1.29, 1.82) is 0 Å². The van der Waals surface area contributed by atoms with Gasteiger partial charge in [0.15, 0.2) is 0 Å². The van der Waals surface area contributed by atoms with E-state index in [1.165, 1.54) is 34.8 Å². The van der Waals surface area contributed by atoms with Gasteiger partial charge in [0.25, 0.3) is 0 Å². The van der Waals surface area contributed by atoms with Crippen molar-refractivity contribution in [3.63, 3.8) is 0 Å². The summed E-state index contributed by atoms with van der Waals surface area (Å²) < 4.78 is 0. The van der Waals surface area contributed by atoms with Crippen molar-refractivity contribution in [1.82, 2.24) is 10.3 Å². The maximum Gasteiger partial charge on any atom is 0.0928 e. The van der Waals surface area contributed by atoms with E-state index >= 15 is 0 Å². The summed E-state index contributed by atoms with van der Waals surface area (Å²) in [5, 5.41) is 4.95. The van der Waals surface area contributed by atoms with Crippen LogP contribution in [-0.4, -0.2) is 11.0 Å². The lowest BCUT2D eigenvalue weighted by Gasteiger charge is -2.24. The average Bonchev–Trinajstić information content (AvgIpc) is 2.61. The molecule has 0 saturated carbocycles. The number of aryl methyl sites for hydroxylation is 2. The minimum absolute atomic E-state index is 0.562. The van der Waals surface area contributed by atoms with E-state index in [9.17, 15) is 0 Å². The first-order valence-corrected chi connectivity index (χ1v) is 6.77. The van der Waals surface area contributed by atoms with Gasteiger partial charge in [-0.3, -0.25) is 0 Å². The highest BCUT2D eigenvalue weighted by Gasteiger charge is 2.24. The zero-order valence-corrected chi connectivity index (χ0v) is 10.7. The normalized spacial score (nSPS) is 20.7. The maximum atomic E-state index is 4.71. The monoisotopic (exact) mass is 224 g/mol. The molecule has 1 aromatic rings. The van der Waals surface area contributed by atoms with E-state index in [1.807, 2.05) is 11.3 Å². The van der Waals surface area contributed by atoms with Crippen LogP contribution in [0.15, 0.2) is 0 Å².